The Morgan fingerprint density at radius 1 is 1.47 bits per heavy atom. The standard InChI is InChI=1S/C13H24N2/c1-6-11(3)9-8-10-13(12(4)14)15(5)7-2/h8-9,12H,6-7,14H2,1-5H3/b11-9-. The van der Waals surface area contributed by atoms with Crippen LogP contribution in [-0.4, -0.2) is 24.5 Å². The van der Waals surface area contributed by atoms with Gasteiger partial charge in [-0.05, 0) is 33.3 Å². The Bertz CT molecular complexity index is 268. The fraction of sp³-hybridized carbons (Fsp3) is 0.615. The molecule has 15 heavy (non-hydrogen) atoms. The Balaban J connectivity index is 4.83. The molecule has 1 unspecified atom stereocenters. The fourth-order valence-electron chi connectivity index (χ4n) is 1.15. The molecule has 0 saturated carbocycles. The molecule has 2 N–H and O–H groups in total. The zero-order chi connectivity index (χ0) is 11.8. The lowest BCUT2D eigenvalue weighted by Crippen LogP contribution is -2.29. The number of nitrogens with two attached hydrogens (primary N) is 1. The van der Waals surface area contributed by atoms with Crippen LogP contribution in [0.2, 0.25) is 0 Å². The molecule has 0 spiro atoms. The van der Waals surface area contributed by atoms with Gasteiger partial charge < -0.3 is 10.6 Å². The van der Waals surface area contributed by atoms with Gasteiger partial charge in [-0.15, -0.1) is 0 Å². The summed E-state index contributed by atoms with van der Waals surface area (Å²) in [7, 11) is 2.04. The van der Waals surface area contributed by atoms with Crippen LogP contribution in [0.4, 0.5) is 0 Å². The van der Waals surface area contributed by atoms with Gasteiger partial charge in [-0.25, -0.2) is 0 Å². The second kappa shape index (κ2) is 7.33. The van der Waals surface area contributed by atoms with Crippen molar-refractivity contribution in [3.8, 4) is 0 Å². The summed E-state index contributed by atoms with van der Waals surface area (Å²) < 4.78 is 0. The summed E-state index contributed by atoms with van der Waals surface area (Å²) in [5.74, 6) is 0. The highest BCUT2D eigenvalue weighted by molar-refractivity contribution is 5.14. The fourth-order valence-corrected chi connectivity index (χ4v) is 1.15. The van der Waals surface area contributed by atoms with E-state index in [1.165, 1.54) is 5.57 Å². The van der Waals surface area contributed by atoms with Crippen molar-refractivity contribution in [2.75, 3.05) is 13.6 Å². The van der Waals surface area contributed by atoms with Crippen LogP contribution in [0.3, 0.4) is 0 Å². The summed E-state index contributed by atoms with van der Waals surface area (Å²) in [6, 6.07) is 0.0292. The summed E-state index contributed by atoms with van der Waals surface area (Å²) in [5, 5.41) is 0. The highest BCUT2D eigenvalue weighted by atomic mass is 15.1. The van der Waals surface area contributed by atoms with Crippen molar-refractivity contribution in [2.24, 2.45) is 5.73 Å². The maximum atomic E-state index is 5.88. The minimum absolute atomic E-state index is 0.0292. The second-order valence-electron chi connectivity index (χ2n) is 3.87. The molecule has 0 aromatic rings. The lowest BCUT2D eigenvalue weighted by Gasteiger charge is -2.21. The quantitative estimate of drug-likeness (QED) is 0.556. The van der Waals surface area contributed by atoms with Crippen molar-refractivity contribution < 1.29 is 0 Å². The van der Waals surface area contributed by atoms with E-state index in [2.05, 4.69) is 37.5 Å². The third-order valence-electron chi connectivity index (χ3n) is 2.47. The van der Waals surface area contributed by atoms with Gasteiger partial charge >= 0.3 is 0 Å². The molecule has 0 heterocycles. The molecule has 0 aliphatic rings. The van der Waals surface area contributed by atoms with Gasteiger partial charge in [0.15, 0.2) is 0 Å². The van der Waals surface area contributed by atoms with Crippen LogP contribution in [0.25, 0.3) is 0 Å². The van der Waals surface area contributed by atoms with Gasteiger partial charge in [0.05, 0.1) is 5.70 Å². The minimum Gasteiger partial charge on any atom is -0.371 e. The summed E-state index contributed by atoms with van der Waals surface area (Å²) in [6.45, 7) is 9.31. The normalized spacial score (nSPS) is 13.1. The van der Waals surface area contributed by atoms with E-state index in [9.17, 15) is 0 Å². The maximum absolute atomic E-state index is 5.88. The number of hydrogen-bond donors (Lipinski definition) is 1. The maximum Gasteiger partial charge on any atom is 0.0729 e. The first kappa shape index (κ1) is 14.0. The molecule has 0 fully saturated rings. The van der Waals surface area contributed by atoms with Gasteiger partial charge in [0.1, 0.15) is 0 Å². The zero-order valence-corrected chi connectivity index (χ0v) is 10.7. The van der Waals surface area contributed by atoms with Gasteiger partial charge in [-0.1, -0.05) is 24.3 Å². The Hall–Kier alpha value is -0.980. The van der Waals surface area contributed by atoms with E-state index in [1.807, 2.05) is 20.0 Å². The van der Waals surface area contributed by atoms with Crippen molar-refractivity contribution in [2.45, 2.75) is 40.2 Å². The average molecular weight is 208 g/mol. The van der Waals surface area contributed by atoms with E-state index in [1.54, 1.807) is 0 Å². The van der Waals surface area contributed by atoms with E-state index in [0.717, 1.165) is 18.7 Å². The number of hydrogen-bond acceptors (Lipinski definition) is 2. The molecule has 2 nitrogen and oxygen atoms in total. The van der Waals surface area contributed by atoms with Gasteiger partial charge in [0, 0.05) is 19.6 Å². The van der Waals surface area contributed by atoms with Crippen LogP contribution >= 0.6 is 0 Å². The average Bonchev–Trinajstić information content (AvgIpc) is 2.22. The van der Waals surface area contributed by atoms with Crippen LogP contribution in [0, 0.1) is 0 Å². The van der Waals surface area contributed by atoms with Crippen molar-refractivity contribution in [3.63, 3.8) is 0 Å². The first-order chi connectivity index (χ1) is 7.02. The second-order valence-corrected chi connectivity index (χ2v) is 3.87. The molecule has 0 radical (unpaired) electrons. The van der Waals surface area contributed by atoms with Gasteiger partial charge in [-0.3, -0.25) is 0 Å². The van der Waals surface area contributed by atoms with Gasteiger partial charge in [-0.2, -0.15) is 0 Å². The van der Waals surface area contributed by atoms with Crippen molar-refractivity contribution in [3.05, 3.63) is 29.2 Å². The molecule has 0 bridgehead atoms. The topological polar surface area (TPSA) is 29.3 Å². The molecule has 0 aliphatic heterocycles. The molecule has 0 rings (SSSR count). The van der Waals surface area contributed by atoms with E-state index >= 15 is 0 Å². The first-order valence-corrected chi connectivity index (χ1v) is 5.61. The van der Waals surface area contributed by atoms with Crippen LogP contribution in [0.1, 0.15) is 34.1 Å². The largest absolute Gasteiger partial charge is 0.371 e. The van der Waals surface area contributed by atoms with Crippen molar-refractivity contribution >= 4 is 0 Å². The Kier molecular flexibility index (Phi) is 6.85. The van der Waals surface area contributed by atoms with Crippen LogP contribution in [0.15, 0.2) is 29.2 Å². The lowest BCUT2D eigenvalue weighted by atomic mass is 10.2. The molecule has 0 aliphatic carbocycles. The molecule has 1 atom stereocenters. The molecule has 2 heteroatoms. The number of nitrogens with zero attached hydrogens (tertiary/aromatic N) is 1. The van der Waals surface area contributed by atoms with Crippen molar-refractivity contribution in [1.82, 2.24) is 4.90 Å². The molecular weight excluding hydrogens is 184 g/mol. The number of allylic oxidation sites excluding steroid dienone is 2. The smallest absolute Gasteiger partial charge is 0.0729 e. The molecule has 0 aromatic heterocycles. The zero-order valence-electron chi connectivity index (χ0n) is 10.7. The summed E-state index contributed by atoms with van der Waals surface area (Å²) in [5.41, 5.74) is 11.5. The van der Waals surface area contributed by atoms with Crippen LogP contribution in [-0.2, 0) is 0 Å². The predicted molar refractivity (Wildman–Crippen MR) is 67.6 cm³/mol. The third kappa shape index (κ3) is 5.46. The summed E-state index contributed by atoms with van der Waals surface area (Å²) in [4.78, 5) is 2.12. The van der Waals surface area contributed by atoms with Crippen LogP contribution < -0.4 is 5.73 Å². The number of rotatable bonds is 5. The number of likely N-dealkylation sites (N-methyl/N-ethyl adjacent to an activating group) is 1. The Labute approximate surface area is 94.1 Å². The molecule has 86 valence electrons. The third-order valence-corrected chi connectivity index (χ3v) is 2.47. The Morgan fingerprint density at radius 3 is 2.47 bits per heavy atom. The summed E-state index contributed by atoms with van der Waals surface area (Å²) >= 11 is 0. The van der Waals surface area contributed by atoms with E-state index in [-0.39, 0.29) is 6.04 Å². The summed E-state index contributed by atoms with van der Waals surface area (Å²) in [6.07, 6.45) is 5.13. The van der Waals surface area contributed by atoms with E-state index in [4.69, 9.17) is 5.73 Å². The van der Waals surface area contributed by atoms with E-state index in [0.29, 0.717) is 0 Å². The van der Waals surface area contributed by atoms with Gasteiger partial charge in [0.2, 0.25) is 0 Å². The first-order valence-electron chi connectivity index (χ1n) is 5.61. The predicted octanol–water partition coefficient (Wildman–Crippen LogP) is 2.68. The highest BCUT2D eigenvalue weighted by Gasteiger charge is 2.05. The van der Waals surface area contributed by atoms with Crippen molar-refractivity contribution in [1.29, 1.82) is 0 Å². The molecule has 0 aromatic carbocycles. The monoisotopic (exact) mass is 208 g/mol. The van der Waals surface area contributed by atoms with E-state index < -0.39 is 0 Å². The van der Waals surface area contributed by atoms with Crippen LogP contribution in [0.5, 0.6) is 0 Å². The Morgan fingerprint density at radius 2 is 2.07 bits per heavy atom. The SMILES string of the molecule is CC/C(C)=C\C=C=C(C(C)N)N(C)CC. The molecule has 0 saturated heterocycles. The van der Waals surface area contributed by atoms with Gasteiger partial charge in [0.25, 0.3) is 0 Å². The minimum atomic E-state index is 0.0292. The molecular formula is C13H24N2. The highest BCUT2D eigenvalue weighted by Crippen LogP contribution is 2.04. The molecule has 0 amide bonds. The lowest BCUT2D eigenvalue weighted by molar-refractivity contribution is 0.413.